The minimum atomic E-state index is -0.327. The van der Waals surface area contributed by atoms with Gasteiger partial charge in [-0.3, -0.25) is 9.59 Å². The average molecular weight is 428 g/mol. The van der Waals surface area contributed by atoms with Gasteiger partial charge in [0.2, 0.25) is 11.8 Å². The van der Waals surface area contributed by atoms with E-state index in [1.54, 1.807) is 0 Å². The van der Waals surface area contributed by atoms with E-state index in [0.29, 0.717) is 24.1 Å². The van der Waals surface area contributed by atoms with Crippen LogP contribution in [-0.2, 0) is 9.59 Å². The zero-order valence-corrected chi connectivity index (χ0v) is 18.3. The minimum Gasteiger partial charge on any atom is -0.490 e. The van der Waals surface area contributed by atoms with Crippen LogP contribution in [0.3, 0.4) is 0 Å². The Morgan fingerprint density at radius 1 is 1.00 bits per heavy atom. The van der Waals surface area contributed by atoms with E-state index in [1.165, 1.54) is 41.7 Å². The van der Waals surface area contributed by atoms with Crippen molar-refractivity contribution < 1.29 is 19.1 Å². The van der Waals surface area contributed by atoms with E-state index >= 15 is 0 Å². The van der Waals surface area contributed by atoms with Crippen molar-refractivity contribution >= 4 is 28.7 Å². The molecule has 0 radical (unpaired) electrons. The first-order valence-electron chi connectivity index (χ1n) is 9.59. The van der Waals surface area contributed by atoms with Crippen LogP contribution < -0.4 is 14.8 Å². The van der Waals surface area contributed by atoms with Gasteiger partial charge in [0.25, 0.3) is 0 Å². The SMILES string of the molecule is CC(=O)NC1=NN(C(C)=O)C(c2ccc(OCCOc3ccc(C)c(C)c3)cc2)S1. The molecular weight excluding hydrogens is 402 g/mol. The summed E-state index contributed by atoms with van der Waals surface area (Å²) in [4.78, 5) is 23.2. The molecule has 0 spiro atoms. The Kier molecular flexibility index (Phi) is 6.99. The van der Waals surface area contributed by atoms with Crippen LogP contribution in [0.2, 0.25) is 0 Å². The maximum absolute atomic E-state index is 11.9. The summed E-state index contributed by atoms with van der Waals surface area (Å²) in [7, 11) is 0. The summed E-state index contributed by atoms with van der Waals surface area (Å²) in [6, 6.07) is 13.5. The molecule has 2 amide bonds. The number of hydrogen-bond donors (Lipinski definition) is 1. The predicted molar refractivity (Wildman–Crippen MR) is 117 cm³/mol. The molecule has 2 aromatic rings. The molecule has 0 saturated heterocycles. The van der Waals surface area contributed by atoms with Crippen molar-refractivity contribution in [2.75, 3.05) is 13.2 Å². The van der Waals surface area contributed by atoms with Crippen molar-refractivity contribution in [1.82, 2.24) is 10.3 Å². The van der Waals surface area contributed by atoms with Gasteiger partial charge in [-0.1, -0.05) is 30.0 Å². The summed E-state index contributed by atoms with van der Waals surface area (Å²) in [6.07, 6.45) is 0. The van der Waals surface area contributed by atoms with Crippen LogP contribution >= 0.6 is 11.8 Å². The Bertz CT molecular complexity index is 959. The molecule has 1 heterocycles. The highest BCUT2D eigenvalue weighted by Gasteiger charge is 2.32. The standard InChI is InChI=1S/C22H25N3O4S/c1-14-5-8-20(13-15(14)2)29-12-11-28-19-9-6-18(7-10-19)21-25(17(4)27)24-22(30-21)23-16(3)26/h5-10,13,21H,11-12H2,1-4H3,(H,23,24,26). The van der Waals surface area contributed by atoms with Crippen LogP contribution in [-0.4, -0.2) is 35.2 Å². The minimum absolute atomic E-state index is 0.198. The molecule has 0 bridgehead atoms. The second-order valence-corrected chi connectivity index (χ2v) is 8.00. The van der Waals surface area contributed by atoms with E-state index in [2.05, 4.69) is 24.3 Å². The van der Waals surface area contributed by atoms with Gasteiger partial charge >= 0.3 is 0 Å². The van der Waals surface area contributed by atoms with Gasteiger partial charge < -0.3 is 14.8 Å². The van der Waals surface area contributed by atoms with E-state index in [4.69, 9.17) is 9.47 Å². The molecule has 1 atom stereocenters. The number of thioether (sulfide) groups is 1. The Morgan fingerprint density at radius 3 is 2.23 bits per heavy atom. The summed E-state index contributed by atoms with van der Waals surface area (Å²) in [5.74, 6) is 1.12. The number of carbonyl (C=O) groups excluding carboxylic acids is 2. The van der Waals surface area contributed by atoms with Crippen molar-refractivity contribution in [1.29, 1.82) is 0 Å². The van der Waals surface area contributed by atoms with Crippen LogP contribution in [0, 0.1) is 13.8 Å². The normalized spacial score (nSPS) is 15.5. The largest absolute Gasteiger partial charge is 0.490 e. The Hall–Kier alpha value is -3.00. The van der Waals surface area contributed by atoms with Gasteiger partial charge in [-0.2, -0.15) is 0 Å². The number of hydrazone groups is 1. The number of aryl methyl sites for hydroxylation is 2. The number of benzene rings is 2. The van der Waals surface area contributed by atoms with E-state index in [0.717, 1.165) is 11.3 Å². The van der Waals surface area contributed by atoms with Crippen molar-refractivity contribution in [2.24, 2.45) is 5.10 Å². The van der Waals surface area contributed by atoms with Gasteiger partial charge in [-0.15, -0.1) is 5.10 Å². The lowest BCUT2D eigenvalue weighted by Crippen LogP contribution is -2.25. The topological polar surface area (TPSA) is 80.2 Å². The molecule has 30 heavy (non-hydrogen) atoms. The van der Waals surface area contributed by atoms with Gasteiger partial charge in [0.05, 0.1) is 0 Å². The predicted octanol–water partition coefficient (Wildman–Crippen LogP) is 3.76. The highest BCUT2D eigenvalue weighted by atomic mass is 32.2. The van der Waals surface area contributed by atoms with E-state index in [9.17, 15) is 9.59 Å². The highest BCUT2D eigenvalue weighted by molar-refractivity contribution is 8.14. The third-order valence-electron chi connectivity index (χ3n) is 4.51. The fourth-order valence-corrected chi connectivity index (χ4v) is 3.97. The van der Waals surface area contributed by atoms with E-state index < -0.39 is 0 Å². The lowest BCUT2D eigenvalue weighted by Gasteiger charge is -2.19. The van der Waals surface area contributed by atoms with Crippen LogP contribution in [0.5, 0.6) is 11.5 Å². The molecule has 0 saturated carbocycles. The smallest absolute Gasteiger partial charge is 0.241 e. The number of amidine groups is 1. The lowest BCUT2D eigenvalue weighted by molar-refractivity contribution is -0.129. The zero-order valence-electron chi connectivity index (χ0n) is 17.5. The first-order valence-corrected chi connectivity index (χ1v) is 10.5. The Labute approximate surface area is 180 Å². The molecule has 1 N–H and O–H groups in total. The first-order chi connectivity index (χ1) is 14.3. The second kappa shape index (κ2) is 9.67. The van der Waals surface area contributed by atoms with Crippen LogP contribution in [0.1, 0.15) is 35.9 Å². The van der Waals surface area contributed by atoms with Crippen molar-refractivity contribution in [3.8, 4) is 11.5 Å². The number of hydrogen-bond acceptors (Lipinski definition) is 6. The van der Waals surface area contributed by atoms with Gasteiger partial charge in [0.15, 0.2) is 5.17 Å². The molecule has 1 unspecified atom stereocenters. The van der Waals surface area contributed by atoms with E-state index in [-0.39, 0.29) is 17.2 Å². The van der Waals surface area contributed by atoms with Crippen molar-refractivity contribution in [2.45, 2.75) is 33.1 Å². The maximum atomic E-state index is 11.9. The molecule has 1 aliphatic rings. The van der Waals surface area contributed by atoms with Gasteiger partial charge in [-0.25, -0.2) is 5.01 Å². The molecule has 8 heteroatoms. The van der Waals surface area contributed by atoms with Gasteiger partial charge in [-0.05, 0) is 54.8 Å². The summed E-state index contributed by atoms with van der Waals surface area (Å²) < 4.78 is 11.5. The number of ether oxygens (including phenoxy) is 2. The Morgan fingerprint density at radius 2 is 1.63 bits per heavy atom. The summed E-state index contributed by atoms with van der Waals surface area (Å²) in [5.41, 5.74) is 3.31. The summed E-state index contributed by atoms with van der Waals surface area (Å²) in [6.45, 7) is 7.83. The average Bonchev–Trinajstić information content (AvgIpc) is 3.12. The lowest BCUT2D eigenvalue weighted by atomic mass is 10.1. The fourth-order valence-electron chi connectivity index (χ4n) is 2.83. The molecule has 1 aliphatic heterocycles. The first kappa shape index (κ1) is 21.7. The number of carbonyl (C=O) groups is 2. The molecule has 7 nitrogen and oxygen atoms in total. The second-order valence-electron chi connectivity index (χ2n) is 6.93. The van der Waals surface area contributed by atoms with Crippen molar-refractivity contribution in [3.63, 3.8) is 0 Å². The summed E-state index contributed by atoms with van der Waals surface area (Å²) >= 11 is 1.32. The molecule has 158 valence electrons. The third kappa shape index (κ3) is 5.54. The molecular formula is C22H25N3O4S. The van der Waals surface area contributed by atoms with Gasteiger partial charge in [0, 0.05) is 13.8 Å². The number of amides is 2. The fraction of sp³-hybridized carbons (Fsp3) is 0.318. The molecule has 3 rings (SSSR count). The molecule has 0 aliphatic carbocycles. The number of rotatable bonds is 6. The third-order valence-corrected chi connectivity index (χ3v) is 5.62. The number of nitrogens with zero attached hydrogens (tertiary/aromatic N) is 2. The van der Waals surface area contributed by atoms with Crippen LogP contribution in [0.4, 0.5) is 0 Å². The van der Waals surface area contributed by atoms with E-state index in [1.807, 2.05) is 42.5 Å². The van der Waals surface area contributed by atoms with Gasteiger partial charge in [0.1, 0.15) is 30.1 Å². The molecule has 0 fully saturated rings. The molecule has 2 aromatic carbocycles. The number of nitrogens with one attached hydrogen (secondary N) is 1. The monoisotopic (exact) mass is 427 g/mol. The van der Waals surface area contributed by atoms with Crippen molar-refractivity contribution in [3.05, 3.63) is 59.2 Å². The zero-order chi connectivity index (χ0) is 21.7. The highest BCUT2D eigenvalue weighted by Crippen LogP contribution is 2.39. The maximum Gasteiger partial charge on any atom is 0.241 e. The van der Waals surface area contributed by atoms with Crippen LogP contribution in [0.15, 0.2) is 47.6 Å². The summed E-state index contributed by atoms with van der Waals surface area (Å²) in [5, 5.41) is 8.27. The molecule has 0 aromatic heterocycles. The van der Waals surface area contributed by atoms with Crippen LogP contribution in [0.25, 0.3) is 0 Å². The quantitative estimate of drug-likeness (QED) is 0.710. The Balaban J connectivity index is 1.53.